The number of nitrogens with zero attached hydrogens (tertiary/aromatic N) is 2. The van der Waals surface area contributed by atoms with Crippen molar-refractivity contribution in [3.63, 3.8) is 0 Å². The number of ketones is 1. The van der Waals surface area contributed by atoms with E-state index in [0.29, 0.717) is 10.2 Å². The molecule has 0 saturated carbocycles. The highest BCUT2D eigenvalue weighted by Crippen LogP contribution is 2.22. The molecule has 0 radical (unpaired) electrons. The van der Waals surface area contributed by atoms with Crippen molar-refractivity contribution < 1.29 is 9.18 Å². The van der Waals surface area contributed by atoms with E-state index in [1.807, 2.05) is 6.07 Å². The van der Waals surface area contributed by atoms with Gasteiger partial charge in [0.2, 0.25) is 5.95 Å². The summed E-state index contributed by atoms with van der Waals surface area (Å²) < 4.78 is 15.6. The van der Waals surface area contributed by atoms with Crippen molar-refractivity contribution in [2.45, 2.75) is 6.92 Å². The monoisotopic (exact) mass is 282 g/mol. The topological polar surface area (TPSA) is 34.9 Å². The molecule has 16 heavy (non-hydrogen) atoms. The van der Waals surface area contributed by atoms with E-state index in [4.69, 9.17) is 0 Å². The number of hydrogen-bond acceptors (Lipinski definition) is 2. The summed E-state index contributed by atoms with van der Waals surface area (Å²) in [6, 6.07) is 7.09. The van der Waals surface area contributed by atoms with E-state index in [2.05, 4.69) is 21.0 Å². The van der Waals surface area contributed by atoms with Gasteiger partial charge in [0.1, 0.15) is 0 Å². The van der Waals surface area contributed by atoms with Crippen LogP contribution in [0, 0.1) is 5.95 Å². The van der Waals surface area contributed by atoms with Gasteiger partial charge >= 0.3 is 0 Å². The Kier molecular flexibility index (Phi) is 2.87. The lowest BCUT2D eigenvalue weighted by Gasteiger charge is -2.04. The minimum absolute atomic E-state index is 0.00393. The first-order chi connectivity index (χ1) is 7.61. The van der Waals surface area contributed by atoms with E-state index in [-0.39, 0.29) is 11.3 Å². The average Bonchev–Trinajstić information content (AvgIpc) is 2.61. The van der Waals surface area contributed by atoms with Gasteiger partial charge in [-0.15, -0.1) is 0 Å². The number of halogens is 2. The molecule has 0 aliphatic rings. The Morgan fingerprint density at radius 2 is 2.12 bits per heavy atom. The van der Waals surface area contributed by atoms with Crippen LogP contribution in [-0.2, 0) is 0 Å². The first kappa shape index (κ1) is 11.0. The zero-order valence-corrected chi connectivity index (χ0v) is 10.0. The van der Waals surface area contributed by atoms with E-state index in [9.17, 15) is 9.18 Å². The molecule has 0 atom stereocenters. The van der Waals surface area contributed by atoms with Crippen LogP contribution in [0.3, 0.4) is 0 Å². The summed E-state index contributed by atoms with van der Waals surface area (Å²) in [4.78, 5) is 11.1. The van der Waals surface area contributed by atoms with E-state index in [0.717, 1.165) is 4.68 Å². The van der Waals surface area contributed by atoms with Crippen LogP contribution in [0.5, 0.6) is 0 Å². The average molecular weight is 283 g/mol. The Labute approximate surface area is 100 Å². The van der Waals surface area contributed by atoms with E-state index >= 15 is 0 Å². The number of Topliss-reactive ketones (excluding diaryl/α,β-unsaturated/α-hetero) is 1. The highest BCUT2D eigenvalue weighted by molar-refractivity contribution is 9.10. The molecular formula is C11H8BrFN2O. The summed E-state index contributed by atoms with van der Waals surface area (Å²) in [5, 5.41) is 3.86. The van der Waals surface area contributed by atoms with Gasteiger partial charge in [0.15, 0.2) is 5.78 Å². The third-order valence-electron chi connectivity index (χ3n) is 2.17. The first-order valence-corrected chi connectivity index (χ1v) is 5.40. The number of aromatic nitrogens is 2. The van der Waals surface area contributed by atoms with Crippen molar-refractivity contribution >= 4 is 21.7 Å². The summed E-state index contributed by atoms with van der Waals surface area (Å²) in [7, 11) is 0. The molecule has 0 bridgehead atoms. The zero-order valence-electron chi connectivity index (χ0n) is 8.45. The van der Waals surface area contributed by atoms with Crippen molar-refractivity contribution in [1.82, 2.24) is 9.78 Å². The third-order valence-corrected chi connectivity index (χ3v) is 2.84. The summed E-state index contributed by atoms with van der Waals surface area (Å²) >= 11 is 3.30. The highest BCUT2D eigenvalue weighted by atomic mass is 79.9. The summed E-state index contributed by atoms with van der Waals surface area (Å²) in [6.07, 6.45) is 1.23. The molecule has 0 spiro atoms. The van der Waals surface area contributed by atoms with Gasteiger partial charge in [-0.2, -0.15) is 9.49 Å². The summed E-state index contributed by atoms with van der Waals surface area (Å²) in [5.74, 6) is -0.977. The molecule has 0 N–H and O–H groups in total. The maximum atomic E-state index is 13.8. The Morgan fingerprint density at radius 3 is 2.69 bits per heavy atom. The molecule has 1 aromatic carbocycles. The second kappa shape index (κ2) is 4.17. The van der Waals surface area contributed by atoms with Gasteiger partial charge in [0.05, 0.1) is 17.4 Å². The fourth-order valence-electron chi connectivity index (χ4n) is 1.36. The number of rotatable bonds is 2. The van der Waals surface area contributed by atoms with Crippen LogP contribution >= 0.6 is 15.9 Å². The number of carbonyl (C=O) groups excluding carboxylic acids is 1. The molecule has 1 aromatic heterocycles. The SMILES string of the molecule is CC(=O)c1cnn(-c2ccccc2Br)c1F. The predicted octanol–water partition coefficient (Wildman–Crippen LogP) is 2.98. The van der Waals surface area contributed by atoms with Crippen LogP contribution in [0.1, 0.15) is 17.3 Å². The van der Waals surface area contributed by atoms with Crippen molar-refractivity contribution in [2.75, 3.05) is 0 Å². The van der Waals surface area contributed by atoms with Crippen molar-refractivity contribution in [3.8, 4) is 5.69 Å². The fourth-order valence-corrected chi connectivity index (χ4v) is 1.81. The van der Waals surface area contributed by atoms with Crippen LogP contribution in [-0.4, -0.2) is 15.6 Å². The number of para-hydroxylation sites is 1. The number of benzene rings is 1. The van der Waals surface area contributed by atoms with Crippen molar-refractivity contribution in [2.24, 2.45) is 0 Å². The Morgan fingerprint density at radius 1 is 1.44 bits per heavy atom. The molecule has 0 saturated heterocycles. The van der Waals surface area contributed by atoms with Crippen molar-refractivity contribution in [3.05, 3.63) is 46.4 Å². The van der Waals surface area contributed by atoms with Gasteiger partial charge in [-0.3, -0.25) is 4.79 Å². The van der Waals surface area contributed by atoms with Crippen LogP contribution < -0.4 is 0 Å². The lowest BCUT2D eigenvalue weighted by Crippen LogP contribution is -2.02. The van der Waals surface area contributed by atoms with Crippen LogP contribution in [0.4, 0.5) is 4.39 Å². The van der Waals surface area contributed by atoms with Crippen molar-refractivity contribution in [1.29, 1.82) is 0 Å². The Balaban J connectivity index is 2.58. The second-order valence-corrected chi connectivity index (χ2v) is 4.12. The first-order valence-electron chi connectivity index (χ1n) is 4.60. The van der Waals surface area contributed by atoms with Crippen LogP contribution in [0.25, 0.3) is 5.69 Å². The molecule has 2 aromatic rings. The molecule has 0 unspecified atom stereocenters. The molecule has 3 nitrogen and oxygen atoms in total. The highest BCUT2D eigenvalue weighted by Gasteiger charge is 2.16. The standard InChI is InChI=1S/C11H8BrFN2O/c1-7(16)8-6-14-15(11(8)13)10-5-3-2-4-9(10)12/h2-6H,1H3. The van der Waals surface area contributed by atoms with Gasteiger partial charge in [-0.1, -0.05) is 12.1 Å². The molecule has 0 aliphatic carbocycles. The van der Waals surface area contributed by atoms with Gasteiger partial charge in [-0.25, -0.2) is 4.68 Å². The fraction of sp³-hybridized carbons (Fsp3) is 0.0909. The maximum absolute atomic E-state index is 13.8. The molecule has 1 heterocycles. The quantitative estimate of drug-likeness (QED) is 0.794. The molecular weight excluding hydrogens is 275 g/mol. The molecule has 5 heteroatoms. The Hall–Kier alpha value is -1.49. The smallest absolute Gasteiger partial charge is 0.227 e. The molecule has 2 rings (SSSR count). The lowest BCUT2D eigenvalue weighted by atomic mass is 10.2. The minimum Gasteiger partial charge on any atom is -0.294 e. The molecule has 0 amide bonds. The third kappa shape index (κ3) is 1.78. The van der Waals surface area contributed by atoms with Gasteiger partial charge in [-0.05, 0) is 35.0 Å². The second-order valence-electron chi connectivity index (χ2n) is 3.27. The van der Waals surface area contributed by atoms with Crippen LogP contribution in [0.2, 0.25) is 0 Å². The van der Waals surface area contributed by atoms with E-state index < -0.39 is 5.95 Å². The lowest BCUT2D eigenvalue weighted by molar-refractivity contribution is 0.101. The van der Waals surface area contributed by atoms with Crippen LogP contribution in [0.15, 0.2) is 34.9 Å². The molecule has 82 valence electrons. The Bertz CT molecular complexity index is 551. The predicted molar refractivity (Wildman–Crippen MR) is 61.2 cm³/mol. The van der Waals surface area contributed by atoms with Gasteiger partial charge in [0, 0.05) is 4.47 Å². The largest absolute Gasteiger partial charge is 0.294 e. The zero-order chi connectivity index (χ0) is 11.7. The van der Waals surface area contributed by atoms with Gasteiger partial charge < -0.3 is 0 Å². The minimum atomic E-state index is -0.639. The number of carbonyl (C=O) groups is 1. The summed E-state index contributed by atoms with van der Waals surface area (Å²) in [6.45, 7) is 1.31. The summed E-state index contributed by atoms with van der Waals surface area (Å²) in [5.41, 5.74) is 0.559. The van der Waals surface area contributed by atoms with E-state index in [1.54, 1.807) is 18.2 Å². The maximum Gasteiger partial charge on any atom is 0.227 e. The van der Waals surface area contributed by atoms with E-state index in [1.165, 1.54) is 13.1 Å². The molecule has 0 aliphatic heterocycles. The number of hydrogen-bond donors (Lipinski definition) is 0. The molecule has 0 fully saturated rings. The van der Waals surface area contributed by atoms with Gasteiger partial charge in [0.25, 0.3) is 0 Å². The normalized spacial score (nSPS) is 10.4.